The van der Waals surface area contributed by atoms with E-state index < -0.39 is 18.5 Å². The van der Waals surface area contributed by atoms with E-state index in [1.165, 1.54) is 0 Å². The second-order valence-corrected chi connectivity index (χ2v) is 14.0. The fraction of sp³-hybridized carbons (Fsp3) is 0.550. The van der Waals surface area contributed by atoms with Crippen LogP contribution in [0.25, 0.3) is 0 Å². The summed E-state index contributed by atoms with van der Waals surface area (Å²) in [7, 11) is -1.65. The van der Waals surface area contributed by atoms with Crippen LogP contribution in [-0.4, -0.2) is 35.6 Å². The van der Waals surface area contributed by atoms with Gasteiger partial charge in [0.15, 0.2) is 0 Å². The molecule has 0 saturated heterocycles. The summed E-state index contributed by atoms with van der Waals surface area (Å²) >= 11 is 0. The Labute approximate surface area is 168 Å². The lowest BCUT2D eigenvalue weighted by molar-refractivity contribution is -0.119. The zero-order valence-electron chi connectivity index (χ0n) is 17.9. The Morgan fingerprint density at radius 1 is 1.21 bits per heavy atom. The van der Waals surface area contributed by atoms with E-state index in [0.29, 0.717) is 17.7 Å². The lowest BCUT2D eigenvalue weighted by atomic mass is 10.2. The number of nitrogens with zero attached hydrogens (tertiary/aromatic N) is 3. The molecular formula is C20H32FN5OSi. The Bertz CT molecular complexity index is 794. The van der Waals surface area contributed by atoms with Gasteiger partial charge in [0.25, 0.3) is 0 Å². The van der Waals surface area contributed by atoms with Gasteiger partial charge in [-0.15, -0.1) is 0 Å². The molecule has 0 saturated carbocycles. The third kappa shape index (κ3) is 4.60. The van der Waals surface area contributed by atoms with Gasteiger partial charge in [-0.2, -0.15) is 5.10 Å². The van der Waals surface area contributed by atoms with E-state index in [9.17, 15) is 4.79 Å². The maximum absolute atomic E-state index is 16.5. The summed E-state index contributed by atoms with van der Waals surface area (Å²) in [6.07, 6.45) is 3.40. The van der Waals surface area contributed by atoms with Crippen LogP contribution >= 0.6 is 0 Å². The minimum atomic E-state index is -3.41. The number of anilines is 1. The maximum atomic E-state index is 16.5. The smallest absolute Gasteiger partial charge is 0.305 e. The molecular weight excluding hydrogens is 373 g/mol. The van der Waals surface area contributed by atoms with Gasteiger partial charge >= 0.3 is 8.41 Å². The van der Waals surface area contributed by atoms with Crippen molar-refractivity contribution in [1.82, 2.24) is 20.1 Å². The van der Waals surface area contributed by atoms with Gasteiger partial charge in [0.05, 0.1) is 11.9 Å². The van der Waals surface area contributed by atoms with Crippen LogP contribution < -0.4 is 16.0 Å². The Kier molecular flexibility index (Phi) is 6.33. The third-order valence-corrected chi connectivity index (χ3v) is 10.2. The topological polar surface area (TPSA) is 71.8 Å². The van der Waals surface area contributed by atoms with E-state index in [4.69, 9.17) is 0 Å². The number of halogens is 1. The standard InChI is InChI=1S/C20H32FN5OSi/c1-19(2,3)28(21,20(4,5)6)18-11-16(25-26(18)7)23-14-17(27)24-13-15-9-8-10-22-12-15/h8-12H,13-14H2,1-7H3,(H,23,25)(H,24,27). The summed E-state index contributed by atoms with van der Waals surface area (Å²) in [5.74, 6) is 0.350. The summed E-state index contributed by atoms with van der Waals surface area (Å²) in [6, 6.07) is 5.49. The van der Waals surface area contributed by atoms with Gasteiger partial charge in [-0.1, -0.05) is 47.6 Å². The highest BCUT2D eigenvalue weighted by molar-refractivity contribution is 6.90. The number of amides is 1. The molecule has 2 aromatic rings. The first-order chi connectivity index (χ1) is 12.9. The molecule has 0 spiro atoms. The number of aryl methyl sites for hydroxylation is 1. The average molecular weight is 406 g/mol. The van der Waals surface area contributed by atoms with Crippen LogP contribution in [0.5, 0.6) is 0 Å². The molecule has 0 fully saturated rings. The molecule has 0 bridgehead atoms. The number of carbonyl (C=O) groups excluding carboxylic acids is 1. The van der Waals surface area contributed by atoms with Crippen molar-refractivity contribution >= 4 is 25.4 Å². The van der Waals surface area contributed by atoms with Crippen molar-refractivity contribution in [2.75, 3.05) is 11.9 Å². The third-order valence-electron chi connectivity index (χ3n) is 4.94. The molecule has 0 aromatic carbocycles. The van der Waals surface area contributed by atoms with E-state index in [1.807, 2.05) is 53.7 Å². The molecule has 2 rings (SSSR count). The predicted molar refractivity (Wildman–Crippen MR) is 114 cm³/mol. The molecule has 1 amide bonds. The number of rotatable bonds is 6. The average Bonchev–Trinajstić information content (AvgIpc) is 2.97. The summed E-state index contributed by atoms with van der Waals surface area (Å²) in [5.41, 5.74) is 0.930. The van der Waals surface area contributed by atoms with E-state index in [-0.39, 0.29) is 12.5 Å². The van der Waals surface area contributed by atoms with Crippen molar-refractivity contribution in [2.45, 2.75) is 58.2 Å². The van der Waals surface area contributed by atoms with Crippen LogP contribution in [0.15, 0.2) is 30.6 Å². The number of hydrogen-bond acceptors (Lipinski definition) is 4. The zero-order valence-corrected chi connectivity index (χ0v) is 18.9. The lowest BCUT2D eigenvalue weighted by Gasteiger charge is -2.44. The van der Waals surface area contributed by atoms with Crippen molar-refractivity contribution in [1.29, 1.82) is 0 Å². The Hall–Kier alpha value is -2.22. The molecule has 0 atom stereocenters. The van der Waals surface area contributed by atoms with Gasteiger partial charge in [-0.05, 0) is 21.7 Å². The molecule has 0 radical (unpaired) electrons. The highest BCUT2D eigenvalue weighted by Gasteiger charge is 2.58. The van der Waals surface area contributed by atoms with Crippen LogP contribution in [-0.2, 0) is 18.4 Å². The second kappa shape index (κ2) is 8.03. The van der Waals surface area contributed by atoms with Crippen LogP contribution in [0.4, 0.5) is 9.93 Å². The van der Waals surface area contributed by atoms with E-state index in [0.717, 1.165) is 5.56 Å². The number of hydrogen-bond donors (Lipinski definition) is 2. The van der Waals surface area contributed by atoms with E-state index in [2.05, 4.69) is 20.7 Å². The second-order valence-electron chi connectivity index (χ2n) is 9.19. The van der Waals surface area contributed by atoms with Crippen molar-refractivity contribution in [3.8, 4) is 0 Å². The van der Waals surface area contributed by atoms with Gasteiger partial charge in [-0.3, -0.25) is 14.5 Å². The van der Waals surface area contributed by atoms with Gasteiger partial charge < -0.3 is 14.7 Å². The first-order valence-corrected chi connectivity index (χ1v) is 11.4. The van der Waals surface area contributed by atoms with Crippen molar-refractivity contribution in [2.24, 2.45) is 7.05 Å². The predicted octanol–water partition coefficient (Wildman–Crippen LogP) is 3.27. The number of carbonyl (C=O) groups is 1. The largest absolute Gasteiger partial charge is 0.360 e. The van der Waals surface area contributed by atoms with Gasteiger partial charge in [0, 0.05) is 32.1 Å². The molecule has 6 nitrogen and oxygen atoms in total. The van der Waals surface area contributed by atoms with Crippen molar-refractivity contribution < 1.29 is 8.90 Å². The number of pyridine rings is 1. The van der Waals surface area contributed by atoms with Gasteiger partial charge in [0.1, 0.15) is 5.82 Å². The lowest BCUT2D eigenvalue weighted by Crippen LogP contribution is -2.60. The number of aromatic nitrogens is 3. The first kappa shape index (κ1) is 22.1. The highest BCUT2D eigenvalue weighted by atomic mass is 28.4. The molecule has 2 N–H and O–H groups in total. The first-order valence-electron chi connectivity index (χ1n) is 9.49. The van der Waals surface area contributed by atoms with Gasteiger partial charge in [-0.25, -0.2) is 0 Å². The monoisotopic (exact) mass is 405 g/mol. The molecule has 0 aliphatic heterocycles. The van der Waals surface area contributed by atoms with Crippen molar-refractivity contribution in [3.05, 3.63) is 36.2 Å². The molecule has 154 valence electrons. The highest BCUT2D eigenvalue weighted by Crippen LogP contribution is 2.51. The summed E-state index contributed by atoms with van der Waals surface area (Å²) in [5, 5.41) is 9.90. The molecule has 0 aliphatic rings. The van der Waals surface area contributed by atoms with Crippen LogP contribution in [0.3, 0.4) is 0 Å². The molecule has 0 aliphatic carbocycles. The Morgan fingerprint density at radius 2 is 1.86 bits per heavy atom. The quantitative estimate of drug-likeness (QED) is 0.572. The summed E-state index contributed by atoms with van der Waals surface area (Å²) < 4.78 is 18.1. The molecule has 2 aromatic heterocycles. The molecule has 2 heterocycles. The fourth-order valence-corrected chi connectivity index (χ4v) is 8.32. The minimum Gasteiger partial charge on any atom is -0.360 e. The number of nitrogens with one attached hydrogen (secondary N) is 2. The van der Waals surface area contributed by atoms with Crippen molar-refractivity contribution in [3.63, 3.8) is 0 Å². The fourth-order valence-electron chi connectivity index (χ4n) is 3.71. The summed E-state index contributed by atoms with van der Waals surface area (Å²) in [6.45, 7) is 12.2. The summed E-state index contributed by atoms with van der Waals surface area (Å²) in [4.78, 5) is 16.1. The minimum absolute atomic E-state index is 0.0720. The molecule has 28 heavy (non-hydrogen) atoms. The van der Waals surface area contributed by atoms with Crippen LogP contribution in [0.1, 0.15) is 47.1 Å². The SMILES string of the molecule is Cn1nc(NCC(=O)NCc2cccnc2)cc1[Si](F)(C(C)(C)C)C(C)(C)C. The Balaban J connectivity index is 2.08. The zero-order chi connectivity index (χ0) is 21.2. The molecule has 8 heteroatoms. The normalized spacial score (nSPS) is 12.7. The van der Waals surface area contributed by atoms with Crippen LogP contribution in [0.2, 0.25) is 10.1 Å². The van der Waals surface area contributed by atoms with Crippen LogP contribution in [0, 0.1) is 0 Å². The van der Waals surface area contributed by atoms with E-state index >= 15 is 4.11 Å². The van der Waals surface area contributed by atoms with Gasteiger partial charge in [0.2, 0.25) is 5.91 Å². The molecule has 0 unspecified atom stereocenters. The Morgan fingerprint density at radius 3 is 2.39 bits per heavy atom. The maximum Gasteiger partial charge on any atom is 0.305 e. The van der Waals surface area contributed by atoms with E-state index in [1.54, 1.807) is 30.2 Å².